The summed E-state index contributed by atoms with van der Waals surface area (Å²) < 4.78 is 0. The van der Waals surface area contributed by atoms with Crippen LogP contribution >= 0.6 is 0 Å². The lowest BCUT2D eigenvalue weighted by atomic mass is 9.84. The monoisotopic (exact) mass is 248 g/mol. The largest absolute Gasteiger partial charge is 0.313 e. The molecule has 102 valence electrons. The molecule has 0 fully saturated rings. The lowest BCUT2D eigenvalue weighted by molar-refractivity contribution is 0.317. The van der Waals surface area contributed by atoms with Gasteiger partial charge in [-0.3, -0.25) is 4.98 Å². The highest BCUT2D eigenvalue weighted by atomic mass is 14.9. The van der Waals surface area contributed by atoms with Crippen molar-refractivity contribution in [2.24, 2.45) is 5.92 Å². The summed E-state index contributed by atoms with van der Waals surface area (Å²) >= 11 is 0. The third-order valence-electron chi connectivity index (χ3n) is 3.76. The predicted molar refractivity (Wildman–Crippen MR) is 78.8 cm³/mol. The second-order valence-corrected chi connectivity index (χ2v) is 5.32. The summed E-state index contributed by atoms with van der Waals surface area (Å²) in [5, 5.41) is 3.73. The first-order valence-electron chi connectivity index (χ1n) is 7.34. The van der Waals surface area contributed by atoms with E-state index < -0.39 is 0 Å². The number of pyridine rings is 1. The van der Waals surface area contributed by atoms with Gasteiger partial charge in [0.1, 0.15) is 0 Å². The van der Waals surface area contributed by atoms with E-state index in [1.807, 2.05) is 12.4 Å². The third-order valence-corrected chi connectivity index (χ3v) is 3.76. The van der Waals surface area contributed by atoms with Gasteiger partial charge in [0.05, 0.1) is 0 Å². The minimum Gasteiger partial charge on any atom is -0.313 e. The summed E-state index contributed by atoms with van der Waals surface area (Å²) in [7, 11) is 0. The van der Waals surface area contributed by atoms with Gasteiger partial charge in [0, 0.05) is 18.4 Å². The lowest BCUT2D eigenvalue weighted by Crippen LogP contribution is -2.39. The van der Waals surface area contributed by atoms with Crippen LogP contribution in [0.5, 0.6) is 0 Å². The fraction of sp³-hybridized carbons (Fsp3) is 0.688. The summed E-state index contributed by atoms with van der Waals surface area (Å²) in [4.78, 5) is 4.11. The molecule has 0 amide bonds. The van der Waals surface area contributed by atoms with Crippen molar-refractivity contribution in [2.45, 2.75) is 58.9 Å². The first kappa shape index (κ1) is 15.2. The number of nitrogens with zero attached hydrogens (tertiary/aromatic N) is 1. The van der Waals surface area contributed by atoms with Crippen LogP contribution in [0.3, 0.4) is 0 Å². The van der Waals surface area contributed by atoms with Crippen molar-refractivity contribution in [3.8, 4) is 0 Å². The van der Waals surface area contributed by atoms with E-state index in [1.54, 1.807) is 0 Å². The van der Waals surface area contributed by atoms with Crippen LogP contribution in [0.25, 0.3) is 0 Å². The van der Waals surface area contributed by atoms with Gasteiger partial charge in [0.15, 0.2) is 0 Å². The van der Waals surface area contributed by atoms with Crippen LogP contribution in [0.15, 0.2) is 24.5 Å². The van der Waals surface area contributed by atoms with Crippen LogP contribution in [0, 0.1) is 5.92 Å². The number of nitrogens with one attached hydrogen (secondary N) is 1. The van der Waals surface area contributed by atoms with Crippen LogP contribution in [0.2, 0.25) is 0 Å². The Morgan fingerprint density at radius 3 is 2.33 bits per heavy atom. The molecule has 0 saturated carbocycles. The Balaban J connectivity index is 2.74. The van der Waals surface area contributed by atoms with Crippen LogP contribution in [-0.4, -0.2) is 17.6 Å². The highest BCUT2D eigenvalue weighted by Gasteiger charge is 2.23. The number of aromatic nitrogens is 1. The SMILES string of the molecule is CCCNC(C(C)CCC)C(C)c1ccncc1. The Kier molecular flexibility index (Phi) is 6.96. The maximum absolute atomic E-state index is 4.11. The maximum atomic E-state index is 4.11. The second kappa shape index (κ2) is 8.25. The molecule has 3 unspecified atom stereocenters. The minimum absolute atomic E-state index is 0.543. The Labute approximate surface area is 112 Å². The van der Waals surface area contributed by atoms with E-state index in [0.29, 0.717) is 17.9 Å². The van der Waals surface area contributed by atoms with E-state index in [-0.39, 0.29) is 0 Å². The van der Waals surface area contributed by atoms with E-state index in [9.17, 15) is 0 Å². The standard InChI is InChI=1S/C16H28N2/c1-5-7-13(3)16(18-10-6-2)14(4)15-8-11-17-12-9-15/h8-9,11-14,16,18H,5-7,10H2,1-4H3. The predicted octanol–water partition coefficient (Wildman–Crippen LogP) is 3.99. The number of hydrogen-bond acceptors (Lipinski definition) is 2. The summed E-state index contributed by atoms with van der Waals surface area (Å²) in [5.41, 5.74) is 1.39. The zero-order chi connectivity index (χ0) is 13.4. The second-order valence-electron chi connectivity index (χ2n) is 5.32. The molecule has 0 aliphatic carbocycles. The minimum atomic E-state index is 0.543. The van der Waals surface area contributed by atoms with Gasteiger partial charge in [-0.2, -0.15) is 0 Å². The molecular weight excluding hydrogens is 220 g/mol. The maximum Gasteiger partial charge on any atom is 0.0270 e. The molecule has 0 aromatic carbocycles. The van der Waals surface area contributed by atoms with Gasteiger partial charge < -0.3 is 5.32 Å². The molecule has 1 aromatic rings. The van der Waals surface area contributed by atoms with Crippen molar-refractivity contribution in [3.05, 3.63) is 30.1 Å². The average Bonchev–Trinajstić information content (AvgIpc) is 2.40. The third kappa shape index (κ3) is 4.41. The molecule has 2 heteroatoms. The summed E-state index contributed by atoms with van der Waals surface area (Å²) in [5.74, 6) is 1.26. The van der Waals surface area contributed by atoms with Gasteiger partial charge in [0.25, 0.3) is 0 Å². The Morgan fingerprint density at radius 2 is 1.78 bits per heavy atom. The van der Waals surface area contributed by atoms with Crippen molar-refractivity contribution in [2.75, 3.05) is 6.54 Å². The molecule has 1 rings (SSSR count). The summed E-state index contributed by atoms with van der Waals surface area (Å²) in [6, 6.07) is 4.85. The van der Waals surface area contributed by atoms with Gasteiger partial charge >= 0.3 is 0 Å². The molecule has 0 aliphatic heterocycles. The van der Waals surface area contributed by atoms with Gasteiger partial charge in [-0.1, -0.05) is 34.1 Å². The molecule has 3 atom stereocenters. The molecule has 0 radical (unpaired) electrons. The molecule has 0 bridgehead atoms. The van der Waals surface area contributed by atoms with Crippen molar-refractivity contribution < 1.29 is 0 Å². The molecule has 0 spiro atoms. The Morgan fingerprint density at radius 1 is 1.11 bits per heavy atom. The molecule has 1 aromatic heterocycles. The van der Waals surface area contributed by atoms with Crippen molar-refractivity contribution >= 4 is 0 Å². The first-order chi connectivity index (χ1) is 8.70. The van der Waals surface area contributed by atoms with Crippen molar-refractivity contribution in [3.63, 3.8) is 0 Å². The van der Waals surface area contributed by atoms with Crippen LogP contribution < -0.4 is 5.32 Å². The fourth-order valence-corrected chi connectivity index (χ4v) is 2.69. The molecule has 1 heterocycles. The van der Waals surface area contributed by atoms with Crippen LogP contribution in [0.4, 0.5) is 0 Å². The van der Waals surface area contributed by atoms with Crippen LogP contribution in [0.1, 0.15) is 58.4 Å². The molecule has 2 nitrogen and oxygen atoms in total. The lowest BCUT2D eigenvalue weighted by Gasteiger charge is -2.31. The molecule has 18 heavy (non-hydrogen) atoms. The van der Waals surface area contributed by atoms with E-state index in [1.165, 1.54) is 24.8 Å². The van der Waals surface area contributed by atoms with Crippen molar-refractivity contribution in [1.29, 1.82) is 0 Å². The van der Waals surface area contributed by atoms with Crippen molar-refractivity contribution in [1.82, 2.24) is 10.3 Å². The zero-order valence-electron chi connectivity index (χ0n) is 12.3. The van der Waals surface area contributed by atoms with Crippen LogP contribution in [-0.2, 0) is 0 Å². The molecule has 0 saturated heterocycles. The highest BCUT2D eigenvalue weighted by Crippen LogP contribution is 2.26. The van der Waals surface area contributed by atoms with E-state index in [4.69, 9.17) is 0 Å². The van der Waals surface area contributed by atoms with Gasteiger partial charge in [-0.25, -0.2) is 0 Å². The zero-order valence-corrected chi connectivity index (χ0v) is 12.3. The molecule has 0 aliphatic rings. The normalized spacial score (nSPS) is 16.2. The van der Waals surface area contributed by atoms with E-state index in [2.05, 4.69) is 50.1 Å². The Bertz CT molecular complexity index is 310. The number of hydrogen-bond donors (Lipinski definition) is 1. The fourth-order valence-electron chi connectivity index (χ4n) is 2.69. The summed E-state index contributed by atoms with van der Waals surface area (Å²) in [6.45, 7) is 10.3. The smallest absolute Gasteiger partial charge is 0.0270 e. The quantitative estimate of drug-likeness (QED) is 0.752. The molecule has 1 N–H and O–H groups in total. The first-order valence-corrected chi connectivity index (χ1v) is 7.34. The summed E-state index contributed by atoms with van der Waals surface area (Å²) in [6.07, 6.45) is 7.53. The number of rotatable bonds is 8. The average molecular weight is 248 g/mol. The van der Waals surface area contributed by atoms with E-state index in [0.717, 1.165) is 6.54 Å². The molecular formula is C16H28N2. The van der Waals surface area contributed by atoms with Gasteiger partial charge in [-0.15, -0.1) is 0 Å². The Hall–Kier alpha value is -0.890. The van der Waals surface area contributed by atoms with E-state index >= 15 is 0 Å². The highest BCUT2D eigenvalue weighted by molar-refractivity contribution is 5.17. The van der Waals surface area contributed by atoms with Gasteiger partial charge in [0.2, 0.25) is 0 Å². The topological polar surface area (TPSA) is 24.9 Å². The van der Waals surface area contributed by atoms with Gasteiger partial charge in [-0.05, 0) is 48.9 Å².